The van der Waals surface area contributed by atoms with Crippen molar-refractivity contribution in [2.24, 2.45) is 11.3 Å². The normalized spacial score (nSPS) is 14.9. The smallest absolute Gasteiger partial charge is 0.327 e. The van der Waals surface area contributed by atoms with E-state index in [9.17, 15) is 13.2 Å². The second-order valence-corrected chi connectivity index (χ2v) is 6.51. The maximum atomic E-state index is 11.4. The van der Waals surface area contributed by atoms with Crippen LogP contribution < -0.4 is 0 Å². The van der Waals surface area contributed by atoms with Gasteiger partial charge in [-0.15, -0.1) is 0 Å². The summed E-state index contributed by atoms with van der Waals surface area (Å²) < 4.78 is 36.0. The van der Waals surface area contributed by atoms with Crippen LogP contribution in [0.3, 0.4) is 0 Å². The molecule has 0 aromatic carbocycles. The Hall–Kier alpha value is -0.620. The van der Waals surface area contributed by atoms with Crippen molar-refractivity contribution in [3.8, 4) is 0 Å². The Kier molecular flexibility index (Phi) is 4.94. The monoisotopic (exact) mass is 252 g/mol. The van der Waals surface area contributed by atoms with Crippen molar-refractivity contribution < 1.29 is 22.5 Å². The van der Waals surface area contributed by atoms with Gasteiger partial charge in [0.2, 0.25) is 0 Å². The van der Waals surface area contributed by atoms with Gasteiger partial charge in [-0.1, -0.05) is 27.7 Å². The molecule has 0 aromatic rings. The number of hydrogen-bond acceptors (Lipinski definition) is 4. The maximum absolute atomic E-state index is 11.4. The van der Waals surface area contributed by atoms with E-state index in [2.05, 4.69) is 4.74 Å². The summed E-state index contributed by atoms with van der Waals surface area (Å²) in [4.78, 5) is 11.4. The first-order valence-electron chi connectivity index (χ1n) is 5.06. The molecule has 6 heteroatoms. The van der Waals surface area contributed by atoms with Gasteiger partial charge in [0, 0.05) is 0 Å². The molecule has 1 N–H and O–H groups in total. The summed E-state index contributed by atoms with van der Waals surface area (Å²) in [5.41, 5.74) is -0.866. The fourth-order valence-electron chi connectivity index (χ4n) is 2.11. The molecular weight excluding hydrogens is 232 g/mol. The SMILES string of the molecule is COC(=O)C(C(C)(C)CC(C)C)S(=O)(=O)O. The van der Waals surface area contributed by atoms with Crippen LogP contribution in [0.5, 0.6) is 0 Å². The first-order chi connectivity index (χ1) is 7.02. The molecule has 0 rings (SSSR count). The van der Waals surface area contributed by atoms with Crippen LogP contribution in [0.15, 0.2) is 0 Å². The van der Waals surface area contributed by atoms with Crippen molar-refractivity contribution in [3.05, 3.63) is 0 Å². The summed E-state index contributed by atoms with van der Waals surface area (Å²) in [6.07, 6.45) is 0.493. The third kappa shape index (κ3) is 4.09. The second kappa shape index (κ2) is 5.14. The molecule has 0 saturated carbocycles. The lowest BCUT2D eigenvalue weighted by Crippen LogP contribution is -2.44. The van der Waals surface area contributed by atoms with Crippen molar-refractivity contribution in [1.29, 1.82) is 0 Å². The average molecular weight is 252 g/mol. The van der Waals surface area contributed by atoms with E-state index < -0.39 is 26.8 Å². The number of rotatable bonds is 5. The molecule has 0 aromatic heterocycles. The quantitative estimate of drug-likeness (QED) is 0.592. The molecular formula is C10H20O5S. The molecule has 0 aliphatic heterocycles. The second-order valence-electron chi connectivity index (χ2n) is 5.00. The molecule has 0 aliphatic rings. The molecule has 96 valence electrons. The van der Waals surface area contributed by atoms with Crippen LogP contribution in [-0.4, -0.2) is 31.3 Å². The first kappa shape index (κ1) is 15.4. The van der Waals surface area contributed by atoms with Crippen molar-refractivity contribution in [3.63, 3.8) is 0 Å². The Morgan fingerprint density at radius 2 is 1.81 bits per heavy atom. The standard InChI is InChI=1S/C10H20O5S/c1-7(2)6-10(3,4)8(9(11)15-5)16(12,13)14/h7-8H,6H2,1-5H3,(H,12,13,14). The van der Waals surface area contributed by atoms with Crippen LogP contribution in [0.2, 0.25) is 0 Å². The minimum atomic E-state index is -4.45. The molecule has 0 spiro atoms. The minimum Gasteiger partial charge on any atom is -0.468 e. The number of esters is 1. The zero-order valence-corrected chi connectivity index (χ0v) is 11.2. The number of methoxy groups -OCH3 is 1. The fraction of sp³-hybridized carbons (Fsp3) is 0.900. The molecule has 0 radical (unpaired) electrons. The van der Waals surface area contributed by atoms with Crippen LogP contribution in [0.1, 0.15) is 34.1 Å². The van der Waals surface area contributed by atoms with Crippen molar-refractivity contribution in [1.82, 2.24) is 0 Å². The third-order valence-electron chi connectivity index (χ3n) is 2.36. The molecule has 1 atom stereocenters. The molecule has 0 aliphatic carbocycles. The molecule has 5 nitrogen and oxygen atoms in total. The van der Waals surface area contributed by atoms with E-state index in [4.69, 9.17) is 4.55 Å². The Balaban J connectivity index is 5.27. The van der Waals surface area contributed by atoms with Crippen LogP contribution >= 0.6 is 0 Å². The molecule has 0 fully saturated rings. The number of carbonyl (C=O) groups excluding carboxylic acids is 1. The fourth-order valence-corrected chi connectivity index (χ4v) is 3.35. The van der Waals surface area contributed by atoms with Gasteiger partial charge in [-0.25, -0.2) is 0 Å². The Morgan fingerprint density at radius 3 is 2.06 bits per heavy atom. The van der Waals surface area contributed by atoms with Gasteiger partial charge in [-0.3, -0.25) is 9.35 Å². The summed E-state index contributed by atoms with van der Waals surface area (Å²) in [7, 11) is -3.35. The summed E-state index contributed by atoms with van der Waals surface area (Å²) >= 11 is 0. The van der Waals surface area contributed by atoms with Crippen LogP contribution in [0.25, 0.3) is 0 Å². The van der Waals surface area contributed by atoms with E-state index >= 15 is 0 Å². The van der Waals surface area contributed by atoms with E-state index in [-0.39, 0.29) is 5.92 Å². The molecule has 16 heavy (non-hydrogen) atoms. The highest BCUT2D eigenvalue weighted by Crippen LogP contribution is 2.33. The Bertz CT molecular complexity index is 342. The zero-order chi connectivity index (χ0) is 13.1. The molecule has 0 bridgehead atoms. The first-order valence-corrected chi connectivity index (χ1v) is 6.57. The van der Waals surface area contributed by atoms with Gasteiger partial charge >= 0.3 is 5.97 Å². The summed E-state index contributed by atoms with van der Waals surface area (Å²) in [6, 6.07) is 0. The molecule has 0 amide bonds. The average Bonchev–Trinajstić information content (AvgIpc) is 1.97. The van der Waals surface area contributed by atoms with E-state index in [0.717, 1.165) is 7.11 Å². The Labute approximate surface area is 96.9 Å². The van der Waals surface area contributed by atoms with E-state index in [1.165, 1.54) is 0 Å². The third-order valence-corrected chi connectivity index (χ3v) is 3.78. The summed E-state index contributed by atoms with van der Waals surface area (Å²) in [5.74, 6) is -0.711. The predicted molar refractivity (Wildman–Crippen MR) is 60.6 cm³/mol. The molecule has 0 heterocycles. The van der Waals surface area contributed by atoms with Crippen LogP contribution in [-0.2, 0) is 19.6 Å². The molecule has 1 unspecified atom stereocenters. The topological polar surface area (TPSA) is 80.7 Å². The van der Waals surface area contributed by atoms with E-state index in [1.54, 1.807) is 13.8 Å². The summed E-state index contributed by atoms with van der Waals surface area (Å²) in [6.45, 7) is 7.09. The van der Waals surface area contributed by atoms with Gasteiger partial charge < -0.3 is 4.74 Å². The van der Waals surface area contributed by atoms with Crippen molar-refractivity contribution in [2.45, 2.75) is 39.4 Å². The van der Waals surface area contributed by atoms with E-state index in [0.29, 0.717) is 6.42 Å². The van der Waals surface area contributed by atoms with Gasteiger partial charge in [-0.2, -0.15) is 8.42 Å². The largest absolute Gasteiger partial charge is 0.468 e. The molecule has 0 saturated heterocycles. The van der Waals surface area contributed by atoms with E-state index in [1.807, 2.05) is 13.8 Å². The number of carbonyl (C=O) groups is 1. The van der Waals surface area contributed by atoms with Crippen LogP contribution in [0, 0.1) is 11.3 Å². The number of hydrogen-bond donors (Lipinski definition) is 1. The highest BCUT2D eigenvalue weighted by molar-refractivity contribution is 7.87. The van der Waals surface area contributed by atoms with Gasteiger partial charge in [0.15, 0.2) is 5.25 Å². The zero-order valence-electron chi connectivity index (χ0n) is 10.4. The van der Waals surface area contributed by atoms with Crippen molar-refractivity contribution >= 4 is 16.1 Å². The highest BCUT2D eigenvalue weighted by atomic mass is 32.2. The van der Waals surface area contributed by atoms with Gasteiger partial charge in [0.1, 0.15) is 0 Å². The minimum absolute atomic E-state index is 0.212. The number of ether oxygens (including phenoxy) is 1. The predicted octanol–water partition coefficient (Wildman–Crippen LogP) is 1.49. The Morgan fingerprint density at radius 1 is 1.38 bits per heavy atom. The van der Waals surface area contributed by atoms with Gasteiger partial charge in [0.05, 0.1) is 7.11 Å². The van der Waals surface area contributed by atoms with Gasteiger partial charge in [0.25, 0.3) is 10.1 Å². The van der Waals surface area contributed by atoms with Crippen molar-refractivity contribution in [2.75, 3.05) is 7.11 Å². The summed E-state index contributed by atoms with van der Waals surface area (Å²) in [5, 5.41) is -1.53. The van der Waals surface area contributed by atoms with Gasteiger partial charge in [-0.05, 0) is 17.8 Å². The lowest BCUT2D eigenvalue weighted by molar-refractivity contribution is -0.142. The lowest BCUT2D eigenvalue weighted by atomic mass is 9.81. The lowest BCUT2D eigenvalue weighted by Gasteiger charge is -2.31. The highest BCUT2D eigenvalue weighted by Gasteiger charge is 2.45. The maximum Gasteiger partial charge on any atom is 0.327 e. The van der Waals surface area contributed by atoms with Crippen LogP contribution in [0.4, 0.5) is 0 Å².